The third-order valence-corrected chi connectivity index (χ3v) is 2.14. The lowest BCUT2D eigenvalue weighted by Crippen LogP contribution is -2.34. The smallest absolute Gasteiger partial charge is 0.0705 e. The van der Waals surface area contributed by atoms with Gasteiger partial charge in [0.05, 0.1) is 6.10 Å². The molecule has 0 radical (unpaired) electrons. The number of hydrogen-bond acceptors (Lipinski definition) is 2. The number of rotatable bonds is 1. The highest BCUT2D eigenvalue weighted by atomic mass is 16.3. The molecule has 2 N–H and O–H groups in total. The van der Waals surface area contributed by atoms with Crippen molar-refractivity contribution in [2.24, 2.45) is 5.41 Å². The van der Waals surface area contributed by atoms with E-state index in [0.717, 1.165) is 19.4 Å². The first-order valence-electron chi connectivity index (χ1n) is 4.40. The summed E-state index contributed by atoms with van der Waals surface area (Å²) in [7, 11) is 0. The Morgan fingerprint density at radius 1 is 1.45 bits per heavy atom. The molecule has 2 nitrogen and oxygen atoms in total. The van der Waals surface area contributed by atoms with Crippen LogP contribution in [0, 0.1) is 5.41 Å². The van der Waals surface area contributed by atoms with E-state index in [4.69, 9.17) is 0 Å². The molecule has 1 rings (SSSR count). The van der Waals surface area contributed by atoms with E-state index >= 15 is 0 Å². The Morgan fingerprint density at radius 3 is 2.45 bits per heavy atom. The van der Waals surface area contributed by atoms with Crippen molar-refractivity contribution in [1.82, 2.24) is 5.32 Å². The first-order valence-corrected chi connectivity index (χ1v) is 4.40. The summed E-state index contributed by atoms with van der Waals surface area (Å²) in [6, 6.07) is 0.329. The van der Waals surface area contributed by atoms with Crippen LogP contribution in [0.2, 0.25) is 0 Å². The SMILES string of the molecule is CC(C)(C)C[C@H]1NCC[C@@H]1O. The summed E-state index contributed by atoms with van der Waals surface area (Å²) in [5.74, 6) is 0. The van der Waals surface area contributed by atoms with Gasteiger partial charge in [0.1, 0.15) is 0 Å². The monoisotopic (exact) mass is 157 g/mol. The van der Waals surface area contributed by atoms with Crippen molar-refractivity contribution >= 4 is 0 Å². The molecule has 1 saturated heterocycles. The molecule has 0 bridgehead atoms. The van der Waals surface area contributed by atoms with Crippen molar-refractivity contribution < 1.29 is 5.11 Å². The highest BCUT2D eigenvalue weighted by Gasteiger charge is 2.28. The zero-order valence-corrected chi connectivity index (χ0v) is 7.72. The van der Waals surface area contributed by atoms with Gasteiger partial charge in [0.15, 0.2) is 0 Å². The first-order chi connectivity index (χ1) is 4.99. The quantitative estimate of drug-likeness (QED) is 0.598. The molecule has 0 spiro atoms. The summed E-state index contributed by atoms with van der Waals surface area (Å²) in [5.41, 5.74) is 0.322. The number of nitrogens with one attached hydrogen (secondary N) is 1. The van der Waals surface area contributed by atoms with Gasteiger partial charge in [0.2, 0.25) is 0 Å². The molecule has 66 valence electrons. The number of aliphatic hydroxyl groups is 1. The van der Waals surface area contributed by atoms with Crippen LogP contribution in [0.4, 0.5) is 0 Å². The van der Waals surface area contributed by atoms with Crippen LogP contribution in [0.1, 0.15) is 33.6 Å². The molecule has 1 fully saturated rings. The van der Waals surface area contributed by atoms with E-state index in [2.05, 4.69) is 26.1 Å². The molecule has 0 aromatic rings. The minimum Gasteiger partial charge on any atom is -0.391 e. The highest BCUT2D eigenvalue weighted by molar-refractivity contribution is 4.86. The zero-order valence-electron chi connectivity index (χ0n) is 7.72. The van der Waals surface area contributed by atoms with Crippen LogP contribution in [0.25, 0.3) is 0 Å². The highest BCUT2D eigenvalue weighted by Crippen LogP contribution is 2.24. The summed E-state index contributed by atoms with van der Waals surface area (Å²) >= 11 is 0. The molecule has 1 heterocycles. The summed E-state index contributed by atoms with van der Waals surface area (Å²) in [4.78, 5) is 0. The Morgan fingerprint density at radius 2 is 2.09 bits per heavy atom. The lowest BCUT2D eigenvalue weighted by molar-refractivity contribution is 0.136. The fourth-order valence-electron chi connectivity index (χ4n) is 1.62. The normalized spacial score (nSPS) is 32.7. The molecule has 0 aliphatic carbocycles. The molecule has 1 aliphatic heterocycles. The van der Waals surface area contributed by atoms with Crippen LogP contribution in [-0.4, -0.2) is 23.8 Å². The van der Waals surface area contributed by atoms with E-state index in [0.29, 0.717) is 11.5 Å². The van der Waals surface area contributed by atoms with Crippen LogP contribution in [-0.2, 0) is 0 Å². The van der Waals surface area contributed by atoms with Crippen LogP contribution in [0.5, 0.6) is 0 Å². The summed E-state index contributed by atoms with van der Waals surface area (Å²) in [6.07, 6.45) is 1.86. The minimum absolute atomic E-state index is 0.116. The minimum atomic E-state index is -0.116. The Hall–Kier alpha value is -0.0800. The second-order valence-corrected chi connectivity index (χ2v) is 4.68. The van der Waals surface area contributed by atoms with Crippen molar-refractivity contribution in [3.63, 3.8) is 0 Å². The average molecular weight is 157 g/mol. The van der Waals surface area contributed by atoms with Gasteiger partial charge < -0.3 is 10.4 Å². The Balaban J connectivity index is 2.37. The van der Waals surface area contributed by atoms with Gasteiger partial charge in [-0.2, -0.15) is 0 Å². The van der Waals surface area contributed by atoms with Gasteiger partial charge in [0.25, 0.3) is 0 Å². The predicted molar refractivity (Wildman–Crippen MR) is 46.5 cm³/mol. The topological polar surface area (TPSA) is 32.3 Å². The molecule has 2 heteroatoms. The van der Waals surface area contributed by atoms with E-state index in [1.807, 2.05) is 0 Å². The standard InChI is InChI=1S/C9H19NO/c1-9(2,3)6-7-8(11)4-5-10-7/h7-8,10-11H,4-6H2,1-3H3/t7-,8+/m1/s1. The Kier molecular flexibility index (Phi) is 2.55. The molecular weight excluding hydrogens is 138 g/mol. The maximum atomic E-state index is 9.49. The van der Waals surface area contributed by atoms with Crippen molar-refractivity contribution in [3.8, 4) is 0 Å². The molecule has 0 aromatic heterocycles. The summed E-state index contributed by atoms with van der Waals surface area (Å²) < 4.78 is 0. The predicted octanol–water partition coefficient (Wildman–Crippen LogP) is 1.15. The van der Waals surface area contributed by atoms with Crippen LogP contribution in [0.15, 0.2) is 0 Å². The fourth-order valence-corrected chi connectivity index (χ4v) is 1.62. The van der Waals surface area contributed by atoms with E-state index in [1.54, 1.807) is 0 Å². The lowest BCUT2D eigenvalue weighted by Gasteiger charge is -2.24. The van der Waals surface area contributed by atoms with Gasteiger partial charge in [-0.1, -0.05) is 20.8 Å². The van der Waals surface area contributed by atoms with E-state index < -0.39 is 0 Å². The average Bonchev–Trinajstić information content (AvgIpc) is 2.12. The van der Waals surface area contributed by atoms with Crippen molar-refractivity contribution in [2.75, 3.05) is 6.54 Å². The van der Waals surface area contributed by atoms with Gasteiger partial charge in [-0.15, -0.1) is 0 Å². The molecule has 0 amide bonds. The zero-order chi connectivity index (χ0) is 8.48. The van der Waals surface area contributed by atoms with Crippen molar-refractivity contribution in [1.29, 1.82) is 0 Å². The maximum absolute atomic E-state index is 9.49. The van der Waals surface area contributed by atoms with E-state index in [1.165, 1.54) is 0 Å². The van der Waals surface area contributed by atoms with Gasteiger partial charge in [-0.05, 0) is 24.8 Å². The first kappa shape index (κ1) is 9.01. The molecule has 11 heavy (non-hydrogen) atoms. The third kappa shape index (κ3) is 2.80. The van der Waals surface area contributed by atoms with Crippen molar-refractivity contribution in [3.05, 3.63) is 0 Å². The van der Waals surface area contributed by atoms with Gasteiger partial charge in [-0.25, -0.2) is 0 Å². The van der Waals surface area contributed by atoms with E-state index in [-0.39, 0.29) is 6.10 Å². The molecular formula is C9H19NO. The maximum Gasteiger partial charge on any atom is 0.0705 e. The van der Waals surface area contributed by atoms with Crippen LogP contribution < -0.4 is 5.32 Å². The van der Waals surface area contributed by atoms with E-state index in [9.17, 15) is 5.11 Å². The third-order valence-electron chi connectivity index (χ3n) is 2.14. The largest absolute Gasteiger partial charge is 0.391 e. The summed E-state index contributed by atoms with van der Waals surface area (Å²) in [6.45, 7) is 7.60. The fraction of sp³-hybridized carbons (Fsp3) is 1.00. The molecule has 0 aromatic carbocycles. The van der Waals surface area contributed by atoms with Gasteiger partial charge in [0, 0.05) is 6.04 Å². The number of aliphatic hydroxyl groups excluding tert-OH is 1. The second kappa shape index (κ2) is 3.11. The molecule has 2 atom stereocenters. The number of hydrogen-bond donors (Lipinski definition) is 2. The van der Waals surface area contributed by atoms with Crippen LogP contribution in [0.3, 0.4) is 0 Å². The lowest BCUT2D eigenvalue weighted by atomic mass is 9.87. The Labute approximate surface area is 69.0 Å². The Bertz CT molecular complexity index is 128. The van der Waals surface area contributed by atoms with Gasteiger partial charge in [-0.3, -0.25) is 0 Å². The molecule has 1 aliphatic rings. The van der Waals surface area contributed by atoms with Gasteiger partial charge >= 0.3 is 0 Å². The second-order valence-electron chi connectivity index (χ2n) is 4.68. The molecule has 0 unspecified atom stereocenters. The van der Waals surface area contributed by atoms with Crippen LogP contribution >= 0.6 is 0 Å². The molecule has 0 saturated carbocycles. The summed E-state index contributed by atoms with van der Waals surface area (Å²) in [5, 5.41) is 12.8. The van der Waals surface area contributed by atoms with Crippen molar-refractivity contribution in [2.45, 2.75) is 45.8 Å².